The van der Waals surface area contributed by atoms with Crippen molar-refractivity contribution < 1.29 is 14.3 Å². The quantitative estimate of drug-likeness (QED) is 0.795. The molecule has 2 rings (SSSR count). The summed E-state index contributed by atoms with van der Waals surface area (Å²) < 4.78 is 5.34. The van der Waals surface area contributed by atoms with Gasteiger partial charge in [-0.2, -0.15) is 0 Å². The minimum absolute atomic E-state index is 0.182. The number of carbonyl (C=O) groups excluding carboxylic acids is 2. The third-order valence-corrected chi connectivity index (χ3v) is 3.50. The summed E-state index contributed by atoms with van der Waals surface area (Å²) in [5, 5.41) is 0. The van der Waals surface area contributed by atoms with Crippen molar-refractivity contribution in [1.29, 1.82) is 0 Å². The second kappa shape index (κ2) is 7.51. The Morgan fingerprint density at radius 1 is 1.30 bits per heavy atom. The van der Waals surface area contributed by atoms with Crippen molar-refractivity contribution in [3.05, 3.63) is 42.0 Å². The minimum Gasteiger partial charge on any atom is -0.445 e. The highest BCUT2D eigenvalue weighted by molar-refractivity contribution is 5.69. The van der Waals surface area contributed by atoms with Crippen molar-refractivity contribution in [3.8, 4) is 0 Å². The van der Waals surface area contributed by atoms with Gasteiger partial charge in [0.25, 0.3) is 0 Å². The van der Waals surface area contributed by atoms with Gasteiger partial charge < -0.3 is 9.64 Å². The van der Waals surface area contributed by atoms with E-state index in [0.29, 0.717) is 6.54 Å². The lowest BCUT2D eigenvalue weighted by atomic mass is 10.1. The van der Waals surface area contributed by atoms with Crippen LogP contribution >= 0.6 is 0 Å². The molecule has 20 heavy (non-hydrogen) atoms. The fourth-order valence-corrected chi connectivity index (χ4v) is 2.41. The first-order valence-electron chi connectivity index (χ1n) is 6.99. The molecule has 4 heteroatoms. The molecule has 1 heterocycles. The topological polar surface area (TPSA) is 46.6 Å². The average Bonchev–Trinajstić information content (AvgIpc) is 2.72. The van der Waals surface area contributed by atoms with Gasteiger partial charge in [0.15, 0.2) is 0 Å². The summed E-state index contributed by atoms with van der Waals surface area (Å²) in [6.07, 6.45) is 4.91. The molecule has 0 saturated carbocycles. The van der Waals surface area contributed by atoms with Gasteiger partial charge in [-0.05, 0) is 18.4 Å². The maximum Gasteiger partial charge on any atom is 0.410 e. The van der Waals surface area contributed by atoms with Crippen LogP contribution in [0.5, 0.6) is 0 Å². The van der Waals surface area contributed by atoms with Gasteiger partial charge in [-0.1, -0.05) is 43.2 Å². The highest BCUT2D eigenvalue weighted by Gasteiger charge is 2.25. The third kappa shape index (κ3) is 3.97. The molecule has 1 aromatic rings. The van der Waals surface area contributed by atoms with Crippen molar-refractivity contribution in [2.24, 2.45) is 0 Å². The van der Waals surface area contributed by atoms with Gasteiger partial charge in [0.05, 0.1) is 6.04 Å². The Morgan fingerprint density at radius 3 is 2.85 bits per heavy atom. The van der Waals surface area contributed by atoms with Crippen LogP contribution in [0.4, 0.5) is 4.79 Å². The molecule has 1 aliphatic heterocycles. The average molecular weight is 273 g/mol. The summed E-state index contributed by atoms with van der Waals surface area (Å²) >= 11 is 0. The zero-order valence-corrected chi connectivity index (χ0v) is 11.5. The molecular weight excluding hydrogens is 254 g/mol. The number of carbonyl (C=O) groups is 1. The van der Waals surface area contributed by atoms with Crippen molar-refractivity contribution in [2.75, 3.05) is 6.54 Å². The maximum atomic E-state index is 12.2. The third-order valence-electron chi connectivity index (χ3n) is 3.50. The summed E-state index contributed by atoms with van der Waals surface area (Å²) in [5.74, 6) is 1.80. The maximum absolute atomic E-state index is 12.2. The van der Waals surface area contributed by atoms with E-state index in [1.54, 1.807) is 10.8 Å². The van der Waals surface area contributed by atoms with Gasteiger partial charge in [-0.25, -0.2) is 9.59 Å². The van der Waals surface area contributed by atoms with Gasteiger partial charge in [0, 0.05) is 12.6 Å². The summed E-state index contributed by atoms with van der Waals surface area (Å²) in [4.78, 5) is 24.4. The van der Waals surface area contributed by atoms with E-state index in [9.17, 15) is 9.59 Å². The zero-order valence-electron chi connectivity index (χ0n) is 11.5. The Balaban J connectivity index is 1.96. The van der Waals surface area contributed by atoms with Crippen LogP contribution < -0.4 is 0 Å². The van der Waals surface area contributed by atoms with Crippen LogP contribution in [0.15, 0.2) is 36.4 Å². The van der Waals surface area contributed by atoms with Crippen LogP contribution in [0.3, 0.4) is 0 Å². The SMILES string of the molecule is O=C=C[C@@H]1CCCCCN1C(=O)OCc1ccccc1. The normalized spacial score (nSPS) is 18.8. The Hall–Kier alpha value is -2.06. The monoisotopic (exact) mass is 273 g/mol. The molecule has 1 fully saturated rings. The van der Waals surface area contributed by atoms with Crippen molar-refractivity contribution in [1.82, 2.24) is 4.90 Å². The molecule has 1 amide bonds. The summed E-state index contributed by atoms with van der Waals surface area (Å²) in [5.41, 5.74) is 0.957. The van der Waals surface area contributed by atoms with E-state index in [0.717, 1.165) is 31.2 Å². The van der Waals surface area contributed by atoms with Crippen LogP contribution in [-0.2, 0) is 16.1 Å². The number of nitrogens with zero attached hydrogens (tertiary/aromatic N) is 1. The predicted octanol–water partition coefficient (Wildman–Crippen LogP) is 2.96. The number of rotatable bonds is 3. The lowest BCUT2D eigenvalue weighted by molar-refractivity contribution is 0.0885. The van der Waals surface area contributed by atoms with Crippen LogP contribution in [-0.4, -0.2) is 29.5 Å². The van der Waals surface area contributed by atoms with E-state index < -0.39 is 0 Å². The van der Waals surface area contributed by atoms with Gasteiger partial charge >= 0.3 is 6.09 Å². The molecule has 4 nitrogen and oxygen atoms in total. The second-order valence-electron chi connectivity index (χ2n) is 4.93. The molecular formula is C16H19NO3. The highest BCUT2D eigenvalue weighted by Crippen LogP contribution is 2.18. The van der Waals surface area contributed by atoms with Crippen LogP contribution in [0.25, 0.3) is 0 Å². The van der Waals surface area contributed by atoms with Crippen molar-refractivity contribution in [2.45, 2.75) is 38.3 Å². The molecule has 1 aliphatic rings. The molecule has 0 aliphatic carbocycles. The largest absolute Gasteiger partial charge is 0.445 e. The Labute approximate surface area is 119 Å². The summed E-state index contributed by atoms with van der Waals surface area (Å²) in [7, 11) is 0. The first-order chi connectivity index (χ1) is 9.81. The number of benzene rings is 1. The number of hydrogen-bond donors (Lipinski definition) is 0. The van der Waals surface area contributed by atoms with Crippen LogP contribution in [0, 0.1) is 0 Å². The Bertz CT molecular complexity index is 480. The van der Waals surface area contributed by atoms with E-state index in [2.05, 4.69) is 0 Å². The first-order valence-corrected chi connectivity index (χ1v) is 6.99. The molecule has 1 saturated heterocycles. The minimum atomic E-state index is -0.354. The lowest BCUT2D eigenvalue weighted by Crippen LogP contribution is -2.39. The van der Waals surface area contributed by atoms with Crippen LogP contribution in [0.2, 0.25) is 0 Å². The molecule has 0 aromatic heterocycles. The van der Waals surface area contributed by atoms with Crippen molar-refractivity contribution >= 4 is 12.0 Å². The van der Waals surface area contributed by atoms with Gasteiger partial charge in [0.2, 0.25) is 0 Å². The number of hydrogen-bond acceptors (Lipinski definition) is 3. The summed E-state index contributed by atoms with van der Waals surface area (Å²) in [6, 6.07) is 9.39. The molecule has 1 aromatic carbocycles. The lowest BCUT2D eigenvalue weighted by Gasteiger charge is -2.26. The molecule has 0 spiro atoms. The van der Waals surface area contributed by atoms with Crippen molar-refractivity contribution in [3.63, 3.8) is 0 Å². The van der Waals surface area contributed by atoms with E-state index in [4.69, 9.17) is 4.74 Å². The second-order valence-corrected chi connectivity index (χ2v) is 4.93. The van der Waals surface area contributed by atoms with Gasteiger partial charge in [0.1, 0.15) is 12.5 Å². The molecule has 0 radical (unpaired) electrons. The molecule has 0 bridgehead atoms. The van der Waals surface area contributed by atoms with E-state index >= 15 is 0 Å². The van der Waals surface area contributed by atoms with E-state index in [1.807, 2.05) is 30.3 Å². The summed E-state index contributed by atoms with van der Waals surface area (Å²) in [6.45, 7) is 0.893. The van der Waals surface area contributed by atoms with Crippen LogP contribution in [0.1, 0.15) is 31.2 Å². The Kier molecular flexibility index (Phi) is 5.39. The number of amides is 1. The molecule has 106 valence electrons. The fraction of sp³-hybridized carbons (Fsp3) is 0.438. The smallest absolute Gasteiger partial charge is 0.410 e. The predicted molar refractivity (Wildman–Crippen MR) is 75.9 cm³/mol. The first kappa shape index (κ1) is 14.4. The van der Waals surface area contributed by atoms with Gasteiger partial charge in [-0.15, -0.1) is 0 Å². The molecule has 1 atom stereocenters. The highest BCUT2D eigenvalue weighted by atomic mass is 16.6. The number of likely N-dealkylation sites (tertiary alicyclic amines) is 1. The molecule has 0 unspecified atom stereocenters. The Morgan fingerprint density at radius 2 is 2.10 bits per heavy atom. The zero-order chi connectivity index (χ0) is 14.2. The van der Waals surface area contributed by atoms with E-state index in [-0.39, 0.29) is 18.7 Å². The van der Waals surface area contributed by atoms with Gasteiger partial charge in [-0.3, -0.25) is 0 Å². The molecule has 0 N–H and O–H groups in total. The number of ether oxygens (including phenoxy) is 1. The fourth-order valence-electron chi connectivity index (χ4n) is 2.41. The standard InChI is InChI=1S/C16H19NO3/c18-12-10-15-9-5-2-6-11-17(15)16(19)20-13-14-7-3-1-4-8-14/h1,3-4,7-8,10,15H,2,5-6,9,11,13H2/t15-/m0/s1. The van der Waals surface area contributed by atoms with E-state index in [1.165, 1.54) is 6.08 Å².